The quantitative estimate of drug-likeness (QED) is 0.888. The molecule has 1 unspecified atom stereocenters. The van der Waals surface area contributed by atoms with Crippen LogP contribution in [0.25, 0.3) is 0 Å². The number of sulfonamides is 1. The van der Waals surface area contributed by atoms with Crippen molar-refractivity contribution in [2.75, 3.05) is 19.6 Å². The van der Waals surface area contributed by atoms with E-state index in [2.05, 4.69) is 5.10 Å². The van der Waals surface area contributed by atoms with Crippen LogP contribution in [0.15, 0.2) is 17.3 Å². The maximum Gasteiger partial charge on any atom is 0.246 e. The molecule has 0 aromatic carbocycles. The molecule has 1 atom stereocenters. The number of aromatic nitrogens is 2. The summed E-state index contributed by atoms with van der Waals surface area (Å²) >= 11 is 0. The van der Waals surface area contributed by atoms with E-state index >= 15 is 0 Å². The van der Waals surface area contributed by atoms with Crippen LogP contribution in [0.3, 0.4) is 0 Å². The molecule has 1 saturated heterocycles. The first-order valence-corrected chi connectivity index (χ1v) is 7.97. The van der Waals surface area contributed by atoms with Crippen molar-refractivity contribution in [3.63, 3.8) is 0 Å². The molecule has 6 nitrogen and oxygen atoms in total. The summed E-state index contributed by atoms with van der Waals surface area (Å²) in [6.07, 6.45) is 3.83. The van der Waals surface area contributed by atoms with Crippen molar-refractivity contribution in [1.82, 2.24) is 14.1 Å². The van der Waals surface area contributed by atoms with Gasteiger partial charge in [-0.2, -0.15) is 9.40 Å². The van der Waals surface area contributed by atoms with Crippen LogP contribution in [0.1, 0.15) is 33.2 Å². The van der Waals surface area contributed by atoms with Crippen LogP contribution in [0.5, 0.6) is 0 Å². The van der Waals surface area contributed by atoms with Gasteiger partial charge >= 0.3 is 0 Å². The molecular formula is C12H22N4O2S. The molecule has 0 spiro atoms. The van der Waals surface area contributed by atoms with Gasteiger partial charge in [0.05, 0.1) is 6.20 Å². The molecule has 0 radical (unpaired) electrons. The van der Waals surface area contributed by atoms with Crippen molar-refractivity contribution < 1.29 is 8.42 Å². The summed E-state index contributed by atoms with van der Waals surface area (Å²) in [6.45, 7) is 7.47. The van der Waals surface area contributed by atoms with E-state index in [4.69, 9.17) is 5.73 Å². The van der Waals surface area contributed by atoms with E-state index in [-0.39, 0.29) is 16.4 Å². The molecular weight excluding hydrogens is 264 g/mol. The van der Waals surface area contributed by atoms with E-state index in [1.807, 2.05) is 20.8 Å². The van der Waals surface area contributed by atoms with Crippen molar-refractivity contribution >= 4 is 10.0 Å². The molecule has 1 aromatic rings. The fourth-order valence-electron chi connectivity index (χ4n) is 2.24. The molecule has 0 saturated carbocycles. The largest absolute Gasteiger partial charge is 0.330 e. The average molecular weight is 286 g/mol. The van der Waals surface area contributed by atoms with Gasteiger partial charge in [-0.05, 0) is 32.2 Å². The van der Waals surface area contributed by atoms with Crippen molar-refractivity contribution in [1.29, 1.82) is 0 Å². The van der Waals surface area contributed by atoms with Crippen molar-refractivity contribution in [2.24, 2.45) is 11.1 Å². The molecule has 2 heterocycles. The lowest BCUT2D eigenvalue weighted by Gasteiger charge is -2.21. The van der Waals surface area contributed by atoms with Crippen LogP contribution >= 0.6 is 0 Å². The minimum atomic E-state index is -3.44. The molecule has 2 N–H and O–H groups in total. The zero-order chi connectivity index (χ0) is 14.3. The Balaban J connectivity index is 2.23. The second-order valence-electron chi connectivity index (χ2n) is 5.85. The van der Waals surface area contributed by atoms with E-state index in [9.17, 15) is 8.42 Å². The first-order valence-electron chi connectivity index (χ1n) is 6.53. The fraction of sp³-hybridized carbons (Fsp3) is 0.750. The highest BCUT2D eigenvalue weighted by atomic mass is 32.2. The van der Waals surface area contributed by atoms with Gasteiger partial charge in [-0.3, -0.25) is 4.68 Å². The van der Waals surface area contributed by atoms with Crippen LogP contribution < -0.4 is 5.73 Å². The summed E-state index contributed by atoms with van der Waals surface area (Å²) in [4.78, 5) is 0.266. The van der Waals surface area contributed by atoms with Gasteiger partial charge in [0.15, 0.2) is 0 Å². The van der Waals surface area contributed by atoms with Gasteiger partial charge in [-0.15, -0.1) is 0 Å². The van der Waals surface area contributed by atoms with Gasteiger partial charge in [0, 0.05) is 25.3 Å². The topological polar surface area (TPSA) is 81.2 Å². The highest BCUT2D eigenvalue weighted by Crippen LogP contribution is 2.32. The Kier molecular flexibility index (Phi) is 3.72. The Morgan fingerprint density at radius 2 is 2.21 bits per heavy atom. The van der Waals surface area contributed by atoms with Gasteiger partial charge in [0.2, 0.25) is 10.0 Å². The third kappa shape index (κ3) is 2.68. The lowest BCUT2D eigenvalue weighted by molar-refractivity contribution is 0.349. The van der Waals surface area contributed by atoms with Crippen LogP contribution in [0.4, 0.5) is 0 Å². The van der Waals surface area contributed by atoms with Gasteiger partial charge in [-0.1, -0.05) is 6.92 Å². The monoisotopic (exact) mass is 286 g/mol. The molecule has 1 aliphatic heterocycles. The highest BCUT2D eigenvalue weighted by Gasteiger charge is 2.39. The predicted molar refractivity (Wildman–Crippen MR) is 73.1 cm³/mol. The molecule has 0 bridgehead atoms. The first-order chi connectivity index (χ1) is 8.78. The number of nitrogens with zero attached hydrogens (tertiary/aromatic N) is 3. The number of nitrogens with two attached hydrogens (primary N) is 1. The molecule has 108 valence electrons. The lowest BCUT2D eigenvalue weighted by atomic mass is 9.90. The summed E-state index contributed by atoms with van der Waals surface area (Å²) in [6, 6.07) is 0.150. The van der Waals surface area contributed by atoms with Crippen molar-refractivity contribution in [3.8, 4) is 0 Å². The molecule has 7 heteroatoms. The molecule has 0 amide bonds. The molecule has 19 heavy (non-hydrogen) atoms. The van der Waals surface area contributed by atoms with Crippen molar-refractivity contribution in [2.45, 2.75) is 38.1 Å². The van der Waals surface area contributed by atoms with E-state index in [1.54, 1.807) is 10.9 Å². The Morgan fingerprint density at radius 3 is 2.68 bits per heavy atom. The van der Waals surface area contributed by atoms with Crippen molar-refractivity contribution in [3.05, 3.63) is 12.4 Å². The van der Waals surface area contributed by atoms with E-state index < -0.39 is 10.0 Å². The summed E-state index contributed by atoms with van der Waals surface area (Å²) in [7, 11) is -3.44. The molecule has 1 aliphatic rings. The normalized spacial score (nSPS) is 25.3. The zero-order valence-electron chi connectivity index (χ0n) is 11.7. The number of hydrogen-bond acceptors (Lipinski definition) is 4. The lowest BCUT2D eigenvalue weighted by Crippen LogP contribution is -2.34. The van der Waals surface area contributed by atoms with Crippen LogP contribution in [-0.2, 0) is 10.0 Å². The van der Waals surface area contributed by atoms with Gasteiger partial charge in [-0.25, -0.2) is 8.42 Å². The SMILES string of the molecule is CC(C)n1cc(S(=O)(=O)N2CCC(C)(CN)C2)cn1. The third-order valence-electron chi connectivity index (χ3n) is 3.76. The van der Waals surface area contributed by atoms with Crippen LogP contribution in [0, 0.1) is 5.41 Å². The minimum Gasteiger partial charge on any atom is -0.330 e. The Labute approximate surface area is 114 Å². The zero-order valence-corrected chi connectivity index (χ0v) is 12.5. The van der Waals surface area contributed by atoms with Crippen LogP contribution in [-0.4, -0.2) is 42.1 Å². The molecule has 2 rings (SSSR count). The van der Waals surface area contributed by atoms with Gasteiger partial charge < -0.3 is 5.73 Å². The minimum absolute atomic E-state index is 0.110. The van der Waals surface area contributed by atoms with Gasteiger partial charge in [0.1, 0.15) is 4.90 Å². The summed E-state index contributed by atoms with van der Waals surface area (Å²) in [5, 5.41) is 4.10. The standard InChI is InChI=1S/C12H22N4O2S/c1-10(2)16-7-11(6-14-16)19(17,18)15-5-4-12(3,8-13)9-15/h6-7,10H,4-5,8-9,13H2,1-3H3. The van der Waals surface area contributed by atoms with Gasteiger partial charge in [0.25, 0.3) is 0 Å². The number of rotatable bonds is 4. The Hall–Kier alpha value is -0.920. The Bertz CT molecular complexity index is 552. The highest BCUT2D eigenvalue weighted by molar-refractivity contribution is 7.89. The smallest absolute Gasteiger partial charge is 0.246 e. The fourth-order valence-corrected chi connectivity index (χ4v) is 3.77. The molecule has 0 aliphatic carbocycles. The second-order valence-corrected chi connectivity index (χ2v) is 7.79. The molecule has 1 fully saturated rings. The predicted octanol–water partition coefficient (Wildman–Crippen LogP) is 0.823. The third-order valence-corrected chi connectivity index (χ3v) is 5.56. The Morgan fingerprint density at radius 1 is 1.53 bits per heavy atom. The number of hydrogen-bond donors (Lipinski definition) is 1. The summed E-state index contributed by atoms with van der Waals surface area (Å²) < 4.78 is 28.2. The summed E-state index contributed by atoms with van der Waals surface area (Å²) in [5.74, 6) is 0. The maximum atomic E-state index is 12.5. The van der Waals surface area contributed by atoms with E-state index in [0.717, 1.165) is 6.42 Å². The van der Waals surface area contributed by atoms with Crippen LogP contribution in [0.2, 0.25) is 0 Å². The van der Waals surface area contributed by atoms with E-state index in [0.29, 0.717) is 19.6 Å². The summed E-state index contributed by atoms with van der Waals surface area (Å²) in [5.41, 5.74) is 5.61. The maximum absolute atomic E-state index is 12.5. The second kappa shape index (κ2) is 4.88. The van der Waals surface area contributed by atoms with E-state index in [1.165, 1.54) is 10.5 Å². The average Bonchev–Trinajstić information content (AvgIpc) is 2.96. The first kappa shape index (κ1) is 14.5. The molecule has 1 aromatic heterocycles.